The molecule has 0 aromatic carbocycles. The van der Waals surface area contributed by atoms with E-state index in [2.05, 4.69) is 13.8 Å². The molecule has 0 amide bonds. The highest BCUT2D eigenvalue weighted by atomic mass is 16.1. The fourth-order valence-corrected chi connectivity index (χ4v) is 2.49. The van der Waals surface area contributed by atoms with Crippen LogP contribution >= 0.6 is 0 Å². The van der Waals surface area contributed by atoms with Crippen molar-refractivity contribution in [2.45, 2.75) is 64.8 Å². The topological polar surface area (TPSA) is 43.1 Å². The van der Waals surface area contributed by atoms with Crippen molar-refractivity contribution in [3.63, 3.8) is 0 Å². The van der Waals surface area contributed by atoms with E-state index in [1.54, 1.807) is 0 Å². The molecule has 1 saturated carbocycles. The number of ketones is 1. The van der Waals surface area contributed by atoms with E-state index < -0.39 is 0 Å². The molecule has 0 heterocycles. The van der Waals surface area contributed by atoms with Gasteiger partial charge in [-0.3, -0.25) is 4.79 Å². The van der Waals surface area contributed by atoms with Crippen LogP contribution in [0.3, 0.4) is 0 Å². The number of carbonyl (C=O) groups is 1. The lowest BCUT2D eigenvalue weighted by molar-refractivity contribution is -0.124. The molecule has 1 fully saturated rings. The van der Waals surface area contributed by atoms with Gasteiger partial charge in [0.15, 0.2) is 5.78 Å². The average molecular weight is 211 g/mol. The standard InChI is InChI=1S/C13H25NO/c1-10(2)9-12(14)13(15)11-7-5-3-4-6-8-11/h10-12H,3-9,14H2,1-2H3. The Labute approximate surface area is 93.6 Å². The van der Waals surface area contributed by atoms with Crippen molar-refractivity contribution in [3.8, 4) is 0 Å². The van der Waals surface area contributed by atoms with Crippen molar-refractivity contribution in [3.05, 3.63) is 0 Å². The zero-order chi connectivity index (χ0) is 11.3. The zero-order valence-corrected chi connectivity index (χ0v) is 10.2. The van der Waals surface area contributed by atoms with Crippen LogP contribution in [-0.4, -0.2) is 11.8 Å². The van der Waals surface area contributed by atoms with E-state index in [9.17, 15) is 4.79 Å². The maximum atomic E-state index is 12.1. The molecule has 1 aliphatic carbocycles. The van der Waals surface area contributed by atoms with E-state index in [1.165, 1.54) is 25.7 Å². The molecule has 1 aliphatic rings. The summed E-state index contributed by atoms with van der Waals surface area (Å²) in [5, 5.41) is 0. The lowest BCUT2D eigenvalue weighted by atomic mass is 9.88. The molecule has 15 heavy (non-hydrogen) atoms. The second-order valence-electron chi connectivity index (χ2n) is 5.33. The molecule has 2 heteroatoms. The van der Waals surface area contributed by atoms with Gasteiger partial charge in [0.25, 0.3) is 0 Å². The maximum Gasteiger partial charge on any atom is 0.152 e. The van der Waals surface area contributed by atoms with Crippen LogP contribution in [0.25, 0.3) is 0 Å². The van der Waals surface area contributed by atoms with Gasteiger partial charge in [-0.25, -0.2) is 0 Å². The first-order chi connectivity index (χ1) is 7.11. The number of nitrogens with two attached hydrogens (primary N) is 1. The Kier molecular flexibility index (Phi) is 5.30. The fourth-order valence-electron chi connectivity index (χ4n) is 2.49. The van der Waals surface area contributed by atoms with E-state index in [4.69, 9.17) is 5.73 Å². The molecule has 0 radical (unpaired) electrons. The van der Waals surface area contributed by atoms with Gasteiger partial charge >= 0.3 is 0 Å². The largest absolute Gasteiger partial charge is 0.321 e. The van der Waals surface area contributed by atoms with Crippen molar-refractivity contribution in [2.75, 3.05) is 0 Å². The summed E-state index contributed by atoms with van der Waals surface area (Å²) >= 11 is 0. The van der Waals surface area contributed by atoms with Gasteiger partial charge in [0.2, 0.25) is 0 Å². The summed E-state index contributed by atoms with van der Waals surface area (Å²) < 4.78 is 0. The second-order valence-corrected chi connectivity index (χ2v) is 5.33. The van der Waals surface area contributed by atoms with Crippen LogP contribution in [-0.2, 0) is 4.79 Å². The summed E-state index contributed by atoms with van der Waals surface area (Å²) in [4.78, 5) is 12.1. The summed E-state index contributed by atoms with van der Waals surface area (Å²) in [6.07, 6.45) is 8.01. The van der Waals surface area contributed by atoms with Crippen molar-refractivity contribution in [2.24, 2.45) is 17.6 Å². The summed E-state index contributed by atoms with van der Waals surface area (Å²) in [6.45, 7) is 4.25. The van der Waals surface area contributed by atoms with Gasteiger partial charge in [0.05, 0.1) is 6.04 Å². The molecule has 0 aromatic rings. The van der Waals surface area contributed by atoms with Gasteiger partial charge in [-0.1, -0.05) is 39.5 Å². The molecular weight excluding hydrogens is 186 g/mol. The number of hydrogen-bond donors (Lipinski definition) is 1. The van der Waals surface area contributed by atoms with Gasteiger partial charge in [0, 0.05) is 5.92 Å². The molecule has 1 rings (SSSR count). The van der Waals surface area contributed by atoms with Crippen LogP contribution in [0, 0.1) is 11.8 Å². The minimum Gasteiger partial charge on any atom is -0.321 e. The van der Waals surface area contributed by atoms with E-state index >= 15 is 0 Å². The predicted octanol–water partition coefficient (Wildman–Crippen LogP) is 2.90. The Morgan fingerprint density at radius 2 is 1.73 bits per heavy atom. The quantitative estimate of drug-likeness (QED) is 0.727. The Hall–Kier alpha value is -0.370. The van der Waals surface area contributed by atoms with Crippen molar-refractivity contribution >= 4 is 5.78 Å². The average Bonchev–Trinajstić information content (AvgIpc) is 2.43. The molecule has 0 aliphatic heterocycles. The minimum absolute atomic E-state index is 0.215. The summed E-state index contributed by atoms with van der Waals surface area (Å²) in [6, 6.07) is -0.215. The van der Waals surface area contributed by atoms with E-state index in [-0.39, 0.29) is 12.0 Å². The van der Waals surface area contributed by atoms with Gasteiger partial charge in [-0.2, -0.15) is 0 Å². The fraction of sp³-hybridized carbons (Fsp3) is 0.923. The van der Waals surface area contributed by atoms with Crippen LogP contribution in [0.15, 0.2) is 0 Å². The normalized spacial score (nSPS) is 21.3. The first-order valence-electron chi connectivity index (χ1n) is 6.40. The molecule has 0 spiro atoms. The molecule has 88 valence electrons. The number of carbonyl (C=O) groups excluding carboxylic acids is 1. The number of rotatable bonds is 4. The van der Waals surface area contributed by atoms with Gasteiger partial charge in [0.1, 0.15) is 0 Å². The third kappa shape index (κ3) is 4.33. The molecule has 2 N–H and O–H groups in total. The Bertz CT molecular complexity index is 193. The Balaban J connectivity index is 2.42. The van der Waals surface area contributed by atoms with Gasteiger partial charge in [-0.15, -0.1) is 0 Å². The van der Waals surface area contributed by atoms with Crippen LogP contribution in [0.2, 0.25) is 0 Å². The Morgan fingerprint density at radius 3 is 2.20 bits per heavy atom. The van der Waals surface area contributed by atoms with Crippen LogP contribution < -0.4 is 5.73 Å². The molecule has 0 bridgehead atoms. The van der Waals surface area contributed by atoms with Crippen molar-refractivity contribution in [1.29, 1.82) is 0 Å². The molecule has 1 atom stereocenters. The van der Waals surface area contributed by atoms with Crippen molar-refractivity contribution < 1.29 is 4.79 Å². The van der Waals surface area contributed by atoms with Crippen molar-refractivity contribution in [1.82, 2.24) is 0 Å². The lowest BCUT2D eigenvalue weighted by Gasteiger charge is -2.19. The number of Topliss-reactive ketones (excluding diaryl/α,β-unsaturated/α-hetero) is 1. The Morgan fingerprint density at radius 1 is 1.20 bits per heavy atom. The van der Waals surface area contributed by atoms with Crippen LogP contribution in [0.1, 0.15) is 58.8 Å². The highest BCUT2D eigenvalue weighted by Crippen LogP contribution is 2.25. The highest BCUT2D eigenvalue weighted by molar-refractivity contribution is 5.86. The molecule has 0 saturated heterocycles. The number of hydrogen-bond acceptors (Lipinski definition) is 2. The summed E-state index contributed by atoms with van der Waals surface area (Å²) in [5.41, 5.74) is 5.95. The second kappa shape index (κ2) is 6.26. The van der Waals surface area contributed by atoms with Crippen LogP contribution in [0.5, 0.6) is 0 Å². The van der Waals surface area contributed by atoms with E-state index in [0.29, 0.717) is 11.7 Å². The first kappa shape index (κ1) is 12.7. The monoisotopic (exact) mass is 211 g/mol. The predicted molar refractivity (Wildman–Crippen MR) is 63.6 cm³/mol. The lowest BCUT2D eigenvalue weighted by Crippen LogP contribution is -2.36. The molecule has 0 aromatic heterocycles. The first-order valence-corrected chi connectivity index (χ1v) is 6.40. The SMILES string of the molecule is CC(C)CC(N)C(=O)C1CCCCCC1. The highest BCUT2D eigenvalue weighted by Gasteiger charge is 2.25. The van der Waals surface area contributed by atoms with Gasteiger partial charge in [-0.05, 0) is 25.2 Å². The van der Waals surface area contributed by atoms with Crippen LogP contribution in [0.4, 0.5) is 0 Å². The molecule has 1 unspecified atom stereocenters. The smallest absolute Gasteiger partial charge is 0.152 e. The zero-order valence-electron chi connectivity index (χ0n) is 10.2. The van der Waals surface area contributed by atoms with Gasteiger partial charge < -0.3 is 5.73 Å². The maximum absolute atomic E-state index is 12.1. The summed E-state index contributed by atoms with van der Waals surface area (Å²) in [5.74, 6) is 1.11. The van der Waals surface area contributed by atoms with E-state index in [0.717, 1.165) is 19.3 Å². The van der Waals surface area contributed by atoms with E-state index in [1.807, 2.05) is 0 Å². The molecular formula is C13H25NO. The third-order valence-electron chi connectivity index (χ3n) is 3.35. The summed E-state index contributed by atoms with van der Waals surface area (Å²) in [7, 11) is 0. The third-order valence-corrected chi connectivity index (χ3v) is 3.35. The minimum atomic E-state index is -0.215. The molecule has 2 nitrogen and oxygen atoms in total.